The Labute approximate surface area is 135 Å². The van der Waals surface area contributed by atoms with Gasteiger partial charge in [0, 0.05) is 17.6 Å². The molecule has 0 saturated heterocycles. The summed E-state index contributed by atoms with van der Waals surface area (Å²) >= 11 is 6.30. The molecule has 1 N–H and O–H groups in total. The highest BCUT2D eigenvalue weighted by Gasteiger charge is 2.13. The number of benzene rings is 1. The van der Waals surface area contributed by atoms with E-state index >= 15 is 0 Å². The maximum atomic E-state index is 6.30. The summed E-state index contributed by atoms with van der Waals surface area (Å²) in [6.45, 7) is 13.7. The number of aryl methyl sites for hydroxylation is 1. The molecule has 0 aliphatic carbocycles. The van der Waals surface area contributed by atoms with Crippen molar-refractivity contribution in [2.45, 2.75) is 72.4 Å². The van der Waals surface area contributed by atoms with Gasteiger partial charge in [0.1, 0.15) is 11.9 Å². The van der Waals surface area contributed by atoms with E-state index in [1.54, 1.807) is 0 Å². The summed E-state index contributed by atoms with van der Waals surface area (Å²) in [6, 6.07) is 4.64. The van der Waals surface area contributed by atoms with Crippen molar-refractivity contribution in [2.75, 3.05) is 6.54 Å². The molecule has 0 aromatic heterocycles. The summed E-state index contributed by atoms with van der Waals surface area (Å²) in [4.78, 5) is 0. The summed E-state index contributed by atoms with van der Waals surface area (Å²) in [5.41, 5.74) is 2.25. The number of halogens is 1. The Bertz CT molecular complexity index is 445. The summed E-state index contributed by atoms with van der Waals surface area (Å²) in [5, 5.41) is 4.35. The van der Waals surface area contributed by atoms with Crippen LogP contribution in [0.5, 0.6) is 5.75 Å². The average Bonchev–Trinajstić information content (AvgIpc) is 2.39. The number of hydrogen-bond acceptors (Lipinski definition) is 2. The molecule has 0 radical (unpaired) electrons. The second-order valence-electron chi connectivity index (χ2n) is 6.32. The first kappa shape index (κ1) is 18.3. The first-order valence-electron chi connectivity index (χ1n) is 8.05. The van der Waals surface area contributed by atoms with Crippen LogP contribution in [0.15, 0.2) is 12.1 Å². The molecule has 0 heterocycles. The van der Waals surface area contributed by atoms with E-state index in [4.69, 9.17) is 16.3 Å². The molecule has 21 heavy (non-hydrogen) atoms. The van der Waals surface area contributed by atoms with Crippen molar-refractivity contribution in [2.24, 2.45) is 0 Å². The molecular formula is C18H30ClNO. The van der Waals surface area contributed by atoms with Gasteiger partial charge in [0.05, 0.1) is 0 Å². The van der Waals surface area contributed by atoms with Gasteiger partial charge >= 0.3 is 0 Å². The molecule has 0 spiro atoms. The topological polar surface area (TPSA) is 21.3 Å². The van der Waals surface area contributed by atoms with Crippen LogP contribution >= 0.6 is 11.6 Å². The van der Waals surface area contributed by atoms with Gasteiger partial charge in [-0.15, -0.1) is 0 Å². The molecule has 0 amide bonds. The Hall–Kier alpha value is -0.730. The summed E-state index contributed by atoms with van der Waals surface area (Å²) < 4.78 is 6.10. The van der Waals surface area contributed by atoms with Crippen molar-refractivity contribution in [3.05, 3.63) is 28.3 Å². The number of hydrogen-bond donors (Lipinski definition) is 1. The number of rotatable bonds is 8. The van der Waals surface area contributed by atoms with Gasteiger partial charge in [0.25, 0.3) is 0 Å². The van der Waals surface area contributed by atoms with Gasteiger partial charge in [-0.25, -0.2) is 0 Å². The second kappa shape index (κ2) is 8.65. The lowest BCUT2D eigenvalue weighted by Gasteiger charge is -2.21. The molecule has 0 bridgehead atoms. The van der Waals surface area contributed by atoms with E-state index in [9.17, 15) is 0 Å². The van der Waals surface area contributed by atoms with Crippen LogP contribution < -0.4 is 10.1 Å². The Morgan fingerprint density at radius 3 is 2.43 bits per heavy atom. The van der Waals surface area contributed by atoms with Crippen LogP contribution in [-0.2, 0) is 0 Å². The maximum Gasteiger partial charge on any atom is 0.123 e. The fraction of sp³-hybridized carbons (Fsp3) is 0.667. The Morgan fingerprint density at radius 1 is 1.19 bits per heavy atom. The second-order valence-corrected chi connectivity index (χ2v) is 6.73. The van der Waals surface area contributed by atoms with Gasteiger partial charge in [-0.3, -0.25) is 0 Å². The highest BCUT2D eigenvalue weighted by molar-refractivity contribution is 6.31. The molecule has 3 heteroatoms. The third-order valence-electron chi connectivity index (χ3n) is 3.72. The Balaban J connectivity index is 2.67. The lowest BCUT2D eigenvalue weighted by atomic mass is 10.0. The molecule has 2 atom stereocenters. The van der Waals surface area contributed by atoms with Crippen molar-refractivity contribution in [1.29, 1.82) is 0 Å². The first-order chi connectivity index (χ1) is 9.85. The molecule has 1 aromatic rings. The van der Waals surface area contributed by atoms with Crippen LogP contribution in [0.2, 0.25) is 5.02 Å². The third-order valence-corrected chi connectivity index (χ3v) is 4.05. The smallest absolute Gasteiger partial charge is 0.123 e. The van der Waals surface area contributed by atoms with Crippen LogP contribution in [0.3, 0.4) is 0 Å². The van der Waals surface area contributed by atoms with Crippen molar-refractivity contribution < 1.29 is 4.74 Å². The minimum Gasteiger partial charge on any atom is -0.489 e. The molecule has 120 valence electrons. The van der Waals surface area contributed by atoms with E-state index < -0.39 is 0 Å². The van der Waals surface area contributed by atoms with Gasteiger partial charge in [-0.2, -0.15) is 0 Å². The van der Waals surface area contributed by atoms with Crippen LogP contribution in [0.25, 0.3) is 0 Å². The van der Waals surface area contributed by atoms with Gasteiger partial charge < -0.3 is 10.1 Å². The molecule has 2 nitrogen and oxygen atoms in total. The molecule has 0 aliphatic heterocycles. The van der Waals surface area contributed by atoms with E-state index in [-0.39, 0.29) is 6.10 Å². The molecule has 1 aromatic carbocycles. The van der Waals surface area contributed by atoms with Crippen LogP contribution in [0, 0.1) is 6.92 Å². The zero-order valence-corrected chi connectivity index (χ0v) is 15.1. The molecule has 1 rings (SSSR count). The van der Waals surface area contributed by atoms with Gasteiger partial charge in [-0.05, 0) is 56.4 Å². The van der Waals surface area contributed by atoms with Gasteiger partial charge in [-0.1, -0.05) is 38.8 Å². The first-order valence-corrected chi connectivity index (χ1v) is 8.43. The molecule has 0 aliphatic rings. The largest absolute Gasteiger partial charge is 0.489 e. The predicted molar refractivity (Wildman–Crippen MR) is 92.7 cm³/mol. The monoisotopic (exact) mass is 311 g/mol. The van der Waals surface area contributed by atoms with E-state index in [1.165, 1.54) is 12.8 Å². The summed E-state index contributed by atoms with van der Waals surface area (Å²) in [6.07, 6.45) is 2.55. The third kappa shape index (κ3) is 5.88. The summed E-state index contributed by atoms with van der Waals surface area (Å²) in [7, 11) is 0. The highest BCUT2D eigenvalue weighted by atomic mass is 35.5. The zero-order valence-electron chi connectivity index (χ0n) is 14.3. The minimum atomic E-state index is 0.143. The van der Waals surface area contributed by atoms with E-state index in [2.05, 4.69) is 46.0 Å². The SMILES string of the molecule is CCCC(C)NCC(C)Oc1cc(C(C)C)c(Cl)cc1C. The molecule has 0 saturated carbocycles. The quantitative estimate of drug-likeness (QED) is 0.701. The van der Waals surface area contributed by atoms with Crippen molar-refractivity contribution in [1.82, 2.24) is 5.32 Å². The van der Waals surface area contributed by atoms with Crippen LogP contribution in [0.4, 0.5) is 0 Å². The van der Waals surface area contributed by atoms with E-state index in [1.807, 2.05) is 13.0 Å². The average molecular weight is 312 g/mol. The predicted octanol–water partition coefficient (Wildman–Crippen LogP) is 5.32. The Kier molecular flexibility index (Phi) is 7.55. The highest BCUT2D eigenvalue weighted by Crippen LogP contribution is 2.31. The van der Waals surface area contributed by atoms with E-state index in [0.29, 0.717) is 12.0 Å². The minimum absolute atomic E-state index is 0.143. The van der Waals surface area contributed by atoms with Crippen LogP contribution in [-0.4, -0.2) is 18.7 Å². The van der Waals surface area contributed by atoms with Gasteiger partial charge in [0.15, 0.2) is 0 Å². The fourth-order valence-corrected chi connectivity index (χ4v) is 2.84. The number of ether oxygens (including phenoxy) is 1. The lowest BCUT2D eigenvalue weighted by Crippen LogP contribution is -2.35. The maximum absolute atomic E-state index is 6.30. The standard InChI is InChI=1S/C18H30ClNO/c1-7-8-14(5)20-11-15(6)21-18-10-16(12(2)3)17(19)9-13(18)4/h9-10,12,14-15,20H,7-8,11H2,1-6H3. The molecule has 2 unspecified atom stereocenters. The fourth-order valence-electron chi connectivity index (χ4n) is 2.40. The molecule has 0 fully saturated rings. The van der Waals surface area contributed by atoms with Crippen molar-refractivity contribution in [3.63, 3.8) is 0 Å². The Morgan fingerprint density at radius 2 is 1.86 bits per heavy atom. The van der Waals surface area contributed by atoms with Gasteiger partial charge in [0.2, 0.25) is 0 Å². The van der Waals surface area contributed by atoms with Crippen molar-refractivity contribution in [3.8, 4) is 5.75 Å². The molecular weight excluding hydrogens is 282 g/mol. The van der Waals surface area contributed by atoms with E-state index in [0.717, 1.165) is 28.4 Å². The summed E-state index contributed by atoms with van der Waals surface area (Å²) in [5.74, 6) is 1.35. The number of nitrogens with one attached hydrogen (secondary N) is 1. The van der Waals surface area contributed by atoms with Crippen LogP contribution in [0.1, 0.15) is 64.5 Å². The normalized spacial score (nSPS) is 14.3. The lowest BCUT2D eigenvalue weighted by molar-refractivity contribution is 0.210. The van der Waals surface area contributed by atoms with Crippen molar-refractivity contribution >= 4 is 11.6 Å². The zero-order chi connectivity index (χ0) is 16.0.